The molecule has 0 aromatic rings. The highest BCUT2D eigenvalue weighted by Gasteiger charge is 2.30. The summed E-state index contributed by atoms with van der Waals surface area (Å²) in [6.07, 6.45) is 1.18. The minimum Gasteiger partial charge on any atom is -0.444 e. The first-order chi connectivity index (χ1) is 8.83. The van der Waals surface area contributed by atoms with Crippen LogP contribution in [0.15, 0.2) is 0 Å². The zero-order valence-electron chi connectivity index (χ0n) is 11.9. The van der Waals surface area contributed by atoms with Gasteiger partial charge in [-0.05, 0) is 33.6 Å². The molecule has 2 amide bonds. The second-order valence-corrected chi connectivity index (χ2v) is 5.78. The number of carbonyl (C=O) groups is 2. The molecule has 1 atom stereocenters. The average molecular weight is 272 g/mol. The number of aliphatic hydroxyl groups excluding tert-OH is 1. The van der Waals surface area contributed by atoms with E-state index in [2.05, 4.69) is 5.32 Å². The van der Waals surface area contributed by atoms with E-state index >= 15 is 0 Å². The van der Waals surface area contributed by atoms with Gasteiger partial charge in [-0.15, -0.1) is 0 Å². The number of carbonyl (C=O) groups excluding carboxylic acids is 2. The number of ether oxygens (including phenoxy) is 1. The van der Waals surface area contributed by atoms with Crippen LogP contribution in [-0.4, -0.2) is 53.8 Å². The Labute approximate surface area is 114 Å². The van der Waals surface area contributed by atoms with Crippen molar-refractivity contribution in [1.29, 1.82) is 0 Å². The van der Waals surface area contributed by atoms with Gasteiger partial charge >= 0.3 is 6.09 Å². The van der Waals surface area contributed by atoms with Crippen molar-refractivity contribution in [2.75, 3.05) is 26.2 Å². The van der Waals surface area contributed by atoms with Crippen LogP contribution in [0.1, 0.15) is 33.6 Å². The van der Waals surface area contributed by atoms with Crippen LogP contribution in [0.2, 0.25) is 0 Å². The normalized spacial score (nSPS) is 20.0. The van der Waals surface area contributed by atoms with Gasteiger partial charge in [0, 0.05) is 19.6 Å². The maximum Gasteiger partial charge on any atom is 0.410 e. The van der Waals surface area contributed by atoms with Crippen LogP contribution < -0.4 is 5.32 Å². The van der Waals surface area contributed by atoms with Crippen LogP contribution in [0.25, 0.3) is 0 Å². The van der Waals surface area contributed by atoms with Crippen molar-refractivity contribution in [3.05, 3.63) is 0 Å². The molecule has 1 aliphatic heterocycles. The topological polar surface area (TPSA) is 78.9 Å². The molecule has 1 heterocycles. The molecule has 2 N–H and O–H groups in total. The van der Waals surface area contributed by atoms with Gasteiger partial charge in [-0.2, -0.15) is 0 Å². The molecule has 1 saturated heterocycles. The Morgan fingerprint density at radius 3 is 2.68 bits per heavy atom. The van der Waals surface area contributed by atoms with Gasteiger partial charge in [-0.1, -0.05) is 0 Å². The van der Waals surface area contributed by atoms with Crippen molar-refractivity contribution < 1.29 is 19.4 Å². The third-order valence-electron chi connectivity index (χ3n) is 2.85. The number of nitrogens with one attached hydrogen (secondary N) is 1. The Hall–Kier alpha value is -1.30. The van der Waals surface area contributed by atoms with E-state index in [0.717, 1.165) is 12.8 Å². The van der Waals surface area contributed by atoms with Crippen LogP contribution in [0.4, 0.5) is 4.79 Å². The predicted octanol–water partition coefficient (Wildman–Crippen LogP) is 0.742. The maximum absolute atomic E-state index is 11.9. The molecular formula is C13H24N2O4. The van der Waals surface area contributed by atoms with Gasteiger partial charge in [0.1, 0.15) is 5.60 Å². The lowest BCUT2D eigenvalue weighted by molar-refractivity contribution is -0.126. The molecule has 6 heteroatoms. The number of amides is 2. The number of nitrogens with zero attached hydrogens (tertiary/aromatic N) is 1. The molecular weight excluding hydrogens is 248 g/mol. The molecule has 0 aliphatic carbocycles. The monoisotopic (exact) mass is 272 g/mol. The largest absolute Gasteiger partial charge is 0.444 e. The Bertz CT molecular complexity index is 325. The summed E-state index contributed by atoms with van der Waals surface area (Å²) >= 11 is 0. The van der Waals surface area contributed by atoms with Gasteiger partial charge in [0.2, 0.25) is 5.91 Å². The van der Waals surface area contributed by atoms with Crippen molar-refractivity contribution in [1.82, 2.24) is 10.2 Å². The maximum atomic E-state index is 11.9. The standard InChI is InChI=1S/C13H24N2O4/c1-13(2,3)19-12(18)15-7-4-5-10(9-15)11(17)14-6-8-16/h10,16H,4-9H2,1-3H3,(H,14,17). The van der Waals surface area contributed by atoms with E-state index in [1.165, 1.54) is 0 Å². The smallest absolute Gasteiger partial charge is 0.410 e. The van der Waals surface area contributed by atoms with E-state index in [9.17, 15) is 9.59 Å². The van der Waals surface area contributed by atoms with E-state index in [0.29, 0.717) is 13.1 Å². The number of aliphatic hydroxyl groups is 1. The minimum atomic E-state index is -0.525. The number of likely N-dealkylation sites (tertiary alicyclic amines) is 1. The van der Waals surface area contributed by atoms with Gasteiger partial charge in [0.15, 0.2) is 0 Å². The molecule has 1 unspecified atom stereocenters. The van der Waals surface area contributed by atoms with Crippen LogP contribution >= 0.6 is 0 Å². The van der Waals surface area contributed by atoms with Gasteiger partial charge in [0.05, 0.1) is 12.5 Å². The minimum absolute atomic E-state index is 0.0752. The van der Waals surface area contributed by atoms with Gasteiger partial charge in [-0.3, -0.25) is 4.79 Å². The zero-order valence-corrected chi connectivity index (χ0v) is 11.9. The lowest BCUT2D eigenvalue weighted by atomic mass is 9.97. The number of piperidine rings is 1. The fourth-order valence-electron chi connectivity index (χ4n) is 2.01. The summed E-state index contributed by atoms with van der Waals surface area (Å²) in [5, 5.41) is 11.3. The Balaban J connectivity index is 2.50. The second kappa shape index (κ2) is 6.75. The van der Waals surface area contributed by atoms with Crippen LogP contribution in [0.3, 0.4) is 0 Å². The lowest BCUT2D eigenvalue weighted by Crippen LogP contribution is -2.47. The Morgan fingerprint density at radius 2 is 2.11 bits per heavy atom. The van der Waals surface area contributed by atoms with E-state index in [1.807, 2.05) is 20.8 Å². The summed E-state index contributed by atoms with van der Waals surface area (Å²) in [6.45, 7) is 6.64. The molecule has 110 valence electrons. The third kappa shape index (κ3) is 5.46. The molecule has 6 nitrogen and oxygen atoms in total. The number of hydrogen-bond acceptors (Lipinski definition) is 4. The van der Waals surface area contributed by atoms with Crippen LogP contribution in [-0.2, 0) is 9.53 Å². The molecule has 1 rings (SSSR count). The number of rotatable bonds is 3. The SMILES string of the molecule is CC(C)(C)OC(=O)N1CCCC(C(=O)NCCO)C1. The molecule has 0 aromatic heterocycles. The molecule has 19 heavy (non-hydrogen) atoms. The molecule has 1 fully saturated rings. The predicted molar refractivity (Wildman–Crippen MR) is 70.6 cm³/mol. The first-order valence-electron chi connectivity index (χ1n) is 6.70. The van der Waals surface area contributed by atoms with Crippen molar-refractivity contribution in [2.24, 2.45) is 5.92 Å². The highest BCUT2D eigenvalue weighted by molar-refractivity contribution is 5.80. The van der Waals surface area contributed by atoms with E-state index in [-0.39, 0.29) is 31.1 Å². The highest BCUT2D eigenvalue weighted by atomic mass is 16.6. The quantitative estimate of drug-likeness (QED) is 0.794. The summed E-state index contributed by atoms with van der Waals surface area (Å²) < 4.78 is 5.30. The summed E-state index contributed by atoms with van der Waals surface area (Å²) in [5.41, 5.74) is -0.525. The highest BCUT2D eigenvalue weighted by Crippen LogP contribution is 2.19. The van der Waals surface area contributed by atoms with Crippen molar-refractivity contribution in [2.45, 2.75) is 39.2 Å². The Kier molecular flexibility index (Phi) is 5.60. The fourth-order valence-corrected chi connectivity index (χ4v) is 2.01. The van der Waals surface area contributed by atoms with Gasteiger partial charge < -0.3 is 20.1 Å². The van der Waals surface area contributed by atoms with E-state index in [4.69, 9.17) is 9.84 Å². The van der Waals surface area contributed by atoms with Crippen molar-refractivity contribution in [3.8, 4) is 0 Å². The molecule has 0 aromatic carbocycles. The first-order valence-corrected chi connectivity index (χ1v) is 6.70. The van der Waals surface area contributed by atoms with Gasteiger partial charge in [0.25, 0.3) is 0 Å². The van der Waals surface area contributed by atoms with Gasteiger partial charge in [-0.25, -0.2) is 4.79 Å². The van der Waals surface area contributed by atoms with Crippen molar-refractivity contribution >= 4 is 12.0 Å². The molecule has 0 spiro atoms. The Morgan fingerprint density at radius 1 is 1.42 bits per heavy atom. The summed E-state index contributed by atoms with van der Waals surface area (Å²) in [7, 11) is 0. The molecule has 0 saturated carbocycles. The number of hydrogen-bond donors (Lipinski definition) is 2. The molecule has 1 aliphatic rings. The average Bonchev–Trinajstić information content (AvgIpc) is 2.34. The first kappa shape index (κ1) is 15.8. The van der Waals surface area contributed by atoms with Crippen LogP contribution in [0.5, 0.6) is 0 Å². The fraction of sp³-hybridized carbons (Fsp3) is 0.846. The summed E-state index contributed by atoms with van der Waals surface area (Å²) in [4.78, 5) is 25.3. The third-order valence-corrected chi connectivity index (χ3v) is 2.85. The lowest BCUT2D eigenvalue weighted by Gasteiger charge is -2.33. The summed E-state index contributed by atoms with van der Waals surface area (Å²) in [5.74, 6) is -0.324. The van der Waals surface area contributed by atoms with Crippen LogP contribution in [0, 0.1) is 5.92 Å². The second-order valence-electron chi connectivity index (χ2n) is 5.78. The molecule has 0 bridgehead atoms. The van der Waals surface area contributed by atoms with E-state index < -0.39 is 5.60 Å². The van der Waals surface area contributed by atoms with Crippen molar-refractivity contribution in [3.63, 3.8) is 0 Å². The zero-order chi connectivity index (χ0) is 14.5. The van der Waals surface area contributed by atoms with E-state index in [1.54, 1.807) is 4.90 Å². The summed E-state index contributed by atoms with van der Waals surface area (Å²) in [6, 6.07) is 0. The molecule has 0 radical (unpaired) electrons.